The molecular formula is C44H43N3O13. The van der Waals surface area contributed by atoms with Gasteiger partial charge in [0.25, 0.3) is 0 Å². The Balaban J connectivity index is 1.17. The molecule has 10 atom stereocenters. The second kappa shape index (κ2) is 15.5. The van der Waals surface area contributed by atoms with Gasteiger partial charge in [-0.2, -0.15) is 0 Å². The maximum atomic E-state index is 12.6. The molecule has 1 saturated heterocycles. The number of carboxylic acids is 1. The van der Waals surface area contributed by atoms with Crippen molar-refractivity contribution in [2.24, 2.45) is 10.7 Å². The molecule has 0 radical (unpaired) electrons. The first-order valence-corrected chi connectivity index (χ1v) is 19.4. The van der Waals surface area contributed by atoms with Crippen LogP contribution in [-0.2, 0) is 25.5 Å². The van der Waals surface area contributed by atoms with E-state index in [4.69, 9.17) is 43.9 Å². The van der Waals surface area contributed by atoms with E-state index in [0.29, 0.717) is 41.5 Å². The molecule has 16 nitrogen and oxygen atoms in total. The van der Waals surface area contributed by atoms with Gasteiger partial charge in [-0.3, -0.25) is 14.6 Å². The largest absolute Gasteiger partial charge is 0.493 e. The molecule has 0 unspecified atom stereocenters. The Morgan fingerprint density at radius 3 is 2.52 bits per heavy atom. The Bertz CT molecular complexity index is 2500. The molecule has 0 aliphatic carbocycles. The average molecular weight is 822 g/mol. The predicted octanol–water partition coefficient (Wildman–Crippen LogP) is 1.10. The Morgan fingerprint density at radius 1 is 0.967 bits per heavy atom. The van der Waals surface area contributed by atoms with Crippen molar-refractivity contribution in [2.75, 3.05) is 20.8 Å². The van der Waals surface area contributed by atoms with Crippen LogP contribution in [0, 0.1) is 0 Å². The number of aliphatic hydroxyl groups excluding tert-OH is 3. The SMILES string of the molecule is COc1ccc2c(c1OC)O[C@H]1c3c(cc(O[C@@H]4O[C@@]5(C=CN[C@@H](N)[C@@H]5OC(=O)CC(=O)O)[C@@H](O)[C@H](O)[C@H]4O)cc3C3=c4ccccc4=NC3)O[C@H](Cc3ccccc3)[C@@H]21. The van der Waals surface area contributed by atoms with E-state index in [0.717, 1.165) is 32.8 Å². The van der Waals surface area contributed by atoms with E-state index >= 15 is 0 Å². The van der Waals surface area contributed by atoms with Crippen LogP contribution < -0.4 is 45.3 Å². The lowest BCUT2D eigenvalue weighted by Crippen LogP contribution is -2.74. The van der Waals surface area contributed by atoms with Gasteiger partial charge in [0.1, 0.15) is 54.6 Å². The maximum absolute atomic E-state index is 12.6. The fourth-order valence-corrected chi connectivity index (χ4v) is 8.98. The highest BCUT2D eigenvalue weighted by molar-refractivity contribution is 5.90. The first kappa shape index (κ1) is 39.3. The van der Waals surface area contributed by atoms with Crippen LogP contribution in [0.4, 0.5) is 0 Å². The minimum absolute atomic E-state index is 0.150. The van der Waals surface area contributed by atoms with E-state index in [2.05, 4.69) is 5.32 Å². The zero-order valence-electron chi connectivity index (χ0n) is 32.5. The molecule has 312 valence electrons. The Kier molecular flexibility index (Phi) is 10.1. The molecule has 7 N–H and O–H groups in total. The van der Waals surface area contributed by atoms with Crippen LogP contribution in [0.15, 0.2) is 96.1 Å². The van der Waals surface area contributed by atoms with Crippen LogP contribution >= 0.6 is 0 Å². The molecule has 0 saturated carbocycles. The lowest BCUT2D eigenvalue weighted by molar-refractivity contribution is -0.321. The number of nitrogens with one attached hydrogen (secondary N) is 1. The van der Waals surface area contributed by atoms with Crippen LogP contribution in [0.3, 0.4) is 0 Å². The number of carbonyl (C=O) groups is 2. The summed E-state index contributed by atoms with van der Waals surface area (Å²) in [6.07, 6.45) is -9.04. The van der Waals surface area contributed by atoms with Crippen LogP contribution in [0.2, 0.25) is 0 Å². The van der Waals surface area contributed by atoms with Crippen molar-refractivity contribution in [2.45, 2.75) is 73.4 Å². The van der Waals surface area contributed by atoms with Gasteiger partial charge in [-0.25, -0.2) is 0 Å². The molecule has 0 bridgehead atoms. The van der Waals surface area contributed by atoms with Crippen LogP contribution in [-0.4, -0.2) is 102 Å². The zero-order valence-corrected chi connectivity index (χ0v) is 32.5. The van der Waals surface area contributed by atoms with Crippen molar-refractivity contribution < 1.29 is 63.2 Å². The summed E-state index contributed by atoms with van der Waals surface area (Å²) < 4.78 is 43.7. The maximum Gasteiger partial charge on any atom is 0.317 e. The van der Waals surface area contributed by atoms with Gasteiger partial charge < -0.3 is 64.6 Å². The van der Waals surface area contributed by atoms with Gasteiger partial charge in [0, 0.05) is 28.8 Å². The van der Waals surface area contributed by atoms with Crippen molar-refractivity contribution in [3.63, 3.8) is 0 Å². The standard InChI is InChI=1S/C44H43N3O13/c1-54-28-13-12-24-33-29(16-21-8-4-3-5-9-21)57-30-18-22(17-25(26-20-47-27-11-7-6-10-23(26)27)34(30)39(33)59-37(24)38(28)55-2)56-43-36(52)35(51)40(53)44(60-43)14-15-46-42(45)41(44)58-32(50)19-31(48)49/h3-15,17-18,29,33,35-36,39-43,46,51-53H,16,19-20,45H2,1-2H3,(H,48,49)/t29-,33-,35-,36-,39-,40+,41+,42-,43-,44+/m1/s1. The van der Waals surface area contributed by atoms with Crippen LogP contribution in [0.25, 0.3) is 5.57 Å². The first-order chi connectivity index (χ1) is 29.0. The number of para-hydroxylation sites is 1. The summed E-state index contributed by atoms with van der Waals surface area (Å²) in [6, 6.07) is 24.9. The summed E-state index contributed by atoms with van der Waals surface area (Å²) in [7, 11) is 3.13. The van der Waals surface area contributed by atoms with Gasteiger partial charge in [-0.05, 0) is 47.2 Å². The molecule has 4 aromatic rings. The summed E-state index contributed by atoms with van der Waals surface area (Å²) in [5, 5.41) is 47.8. The van der Waals surface area contributed by atoms with Gasteiger partial charge in [-0.1, -0.05) is 54.6 Å². The number of hydrogen-bond donors (Lipinski definition) is 6. The highest BCUT2D eigenvalue weighted by Gasteiger charge is 2.61. The number of aliphatic hydroxyl groups is 3. The molecule has 5 heterocycles. The second-order valence-corrected chi connectivity index (χ2v) is 15.2. The number of rotatable bonds is 10. The van der Waals surface area contributed by atoms with E-state index in [-0.39, 0.29) is 11.7 Å². The van der Waals surface area contributed by atoms with Crippen LogP contribution in [0.1, 0.15) is 40.7 Å². The number of hydrogen-bond acceptors (Lipinski definition) is 15. The second-order valence-electron chi connectivity index (χ2n) is 15.2. The smallest absolute Gasteiger partial charge is 0.317 e. The Labute approximate surface area is 343 Å². The number of methoxy groups -OCH3 is 2. The third-order valence-corrected chi connectivity index (χ3v) is 11.7. The third-order valence-electron chi connectivity index (χ3n) is 11.7. The topological polar surface area (TPSA) is 230 Å². The van der Waals surface area contributed by atoms with Gasteiger partial charge in [0.05, 0.1) is 32.0 Å². The normalized spacial score (nSPS) is 29.4. The predicted molar refractivity (Wildman–Crippen MR) is 210 cm³/mol. The minimum atomic E-state index is -2.09. The molecule has 0 aromatic heterocycles. The summed E-state index contributed by atoms with van der Waals surface area (Å²) in [4.78, 5) is 28.8. The third kappa shape index (κ3) is 6.56. The number of fused-ring (bicyclic) bond motifs is 6. The Hall–Kier alpha value is -6.17. The summed E-state index contributed by atoms with van der Waals surface area (Å²) >= 11 is 0. The quantitative estimate of drug-likeness (QED) is 0.0973. The molecular weight excluding hydrogens is 778 g/mol. The van der Waals surface area contributed by atoms with E-state index in [1.54, 1.807) is 26.4 Å². The van der Waals surface area contributed by atoms with Gasteiger partial charge >= 0.3 is 11.9 Å². The monoisotopic (exact) mass is 821 g/mol. The number of carboxylic acid groups (broad SMARTS) is 1. The van der Waals surface area contributed by atoms with Crippen molar-refractivity contribution in [3.8, 4) is 28.7 Å². The van der Waals surface area contributed by atoms with Gasteiger partial charge in [0.2, 0.25) is 12.0 Å². The summed E-state index contributed by atoms with van der Waals surface area (Å²) in [5.41, 5.74) is 8.37. The molecule has 9 rings (SSSR count). The number of aliphatic carboxylic acids is 1. The first-order valence-electron chi connectivity index (χ1n) is 19.4. The molecule has 4 aromatic carbocycles. The number of esters is 1. The number of ether oxygens (including phenoxy) is 7. The van der Waals surface area contributed by atoms with E-state index in [1.165, 1.54) is 12.3 Å². The Morgan fingerprint density at radius 2 is 1.75 bits per heavy atom. The van der Waals surface area contributed by atoms with Gasteiger partial charge in [0.15, 0.2) is 23.2 Å². The molecule has 60 heavy (non-hydrogen) atoms. The molecule has 5 aliphatic heterocycles. The van der Waals surface area contributed by atoms with E-state index in [1.807, 2.05) is 66.7 Å². The number of nitrogens with two attached hydrogens (primary N) is 1. The van der Waals surface area contributed by atoms with Crippen molar-refractivity contribution in [3.05, 3.63) is 124 Å². The number of nitrogens with zero attached hydrogens (tertiary/aromatic N) is 1. The lowest BCUT2D eigenvalue weighted by Gasteiger charge is -2.52. The summed E-state index contributed by atoms with van der Waals surface area (Å²) in [6.45, 7) is 0.319. The van der Waals surface area contributed by atoms with E-state index < -0.39 is 73.0 Å². The minimum Gasteiger partial charge on any atom is -0.493 e. The highest BCUT2D eigenvalue weighted by Crippen LogP contribution is 2.60. The van der Waals surface area contributed by atoms with Crippen molar-refractivity contribution in [1.29, 1.82) is 0 Å². The van der Waals surface area contributed by atoms with Crippen molar-refractivity contribution in [1.82, 2.24) is 5.32 Å². The molecule has 16 heteroatoms. The average Bonchev–Trinajstić information content (AvgIpc) is 3.85. The van der Waals surface area contributed by atoms with Crippen molar-refractivity contribution >= 4 is 17.5 Å². The van der Waals surface area contributed by atoms with E-state index in [9.17, 15) is 30.0 Å². The molecule has 1 spiro atoms. The fourth-order valence-electron chi connectivity index (χ4n) is 8.98. The summed E-state index contributed by atoms with van der Waals surface area (Å²) in [5.74, 6) is -0.843. The lowest BCUT2D eigenvalue weighted by atomic mass is 9.79. The molecule has 0 amide bonds. The number of carbonyl (C=O) groups excluding carboxylic acids is 1. The van der Waals surface area contributed by atoms with Gasteiger partial charge in [-0.15, -0.1) is 0 Å². The molecule has 1 fully saturated rings. The zero-order chi connectivity index (χ0) is 41.9. The van der Waals surface area contributed by atoms with Crippen LogP contribution in [0.5, 0.6) is 28.7 Å². The molecule has 5 aliphatic rings. The fraction of sp³-hybridized carbons (Fsp3) is 0.341. The number of benzene rings is 4. The highest BCUT2D eigenvalue weighted by atomic mass is 16.7.